The molecule has 0 aliphatic heterocycles. The van der Waals surface area contributed by atoms with Crippen molar-refractivity contribution in [3.63, 3.8) is 0 Å². The van der Waals surface area contributed by atoms with Crippen molar-refractivity contribution in [2.45, 2.75) is 45.6 Å². The molecule has 2 heteroatoms. The molecular weight excluding hydrogens is 213 g/mol. The summed E-state index contributed by atoms with van der Waals surface area (Å²) in [5.41, 5.74) is 2.01. The summed E-state index contributed by atoms with van der Waals surface area (Å²) < 4.78 is 13.3. The van der Waals surface area contributed by atoms with Crippen molar-refractivity contribution in [3.8, 4) is 0 Å². The number of benzene rings is 1. The standard InChI is InChI=1S/C15H22FN/c1-3-9-17-15(12-5-4-6-12)13-7-8-14(16)11(2)10-13/h7-8,10,12,15,17H,3-6,9H2,1-2H3. The van der Waals surface area contributed by atoms with Crippen LogP contribution in [0.15, 0.2) is 18.2 Å². The van der Waals surface area contributed by atoms with Crippen LogP contribution in [-0.4, -0.2) is 6.54 Å². The molecule has 0 bridgehead atoms. The lowest BCUT2D eigenvalue weighted by Crippen LogP contribution is -2.32. The first kappa shape index (κ1) is 12.6. The molecule has 1 atom stereocenters. The van der Waals surface area contributed by atoms with Crippen molar-refractivity contribution in [3.05, 3.63) is 35.1 Å². The molecule has 1 nitrogen and oxygen atoms in total. The zero-order valence-electron chi connectivity index (χ0n) is 10.8. The van der Waals surface area contributed by atoms with Gasteiger partial charge in [-0.05, 0) is 55.8 Å². The van der Waals surface area contributed by atoms with Gasteiger partial charge in [-0.3, -0.25) is 0 Å². The van der Waals surface area contributed by atoms with Gasteiger partial charge in [0.2, 0.25) is 0 Å². The molecule has 0 aromatic heterocycles. The van der Waals surface area contributed by atoms with E-state index in [9.17, 15) is 4.39 Å². The van der Waals surface area contributed by atoms with Crippen LogP contribution in [0.3, 0.4) is 0 Å². The molecule has 1 aromatic rings. The van der Waals surface area contributed by atoms with E-state index in [1.165, 1.54) is 24.8 Å². The van der Waals surface area contributed by atoms with Crippen molar-refractivity contribution < 1.29 is 4.39 Å². The normalized spacial score (nSPS) is 17.8. The number of hydrogen-bond acceptors (Lipinski definition) is 1. The Morgan fingerprint density at radius 3 is 2.71 bits per heavy atom. The second-order valence-electron chi connectivity index (χ2n) is 5.13. The fourth-order valence-electron chi connectivity index (χ4n) is 2.49. The summed E-state index contributed by atoms with van der Waals surface area (Å²) in [4.78, 5) is 0. The second kappa shape index (κ2) is 5.63. The molecule has 0 amide bonds. The first-order chi connectivity index (χ1) is 8.22. The predicted octanol–water partition coefficient (Wildman–Crippen LogP) is 3.97. The predicted molar refractivity (Wildman–Crippen MR) is 69.5 cm³/mol. The van der Waals surface area contributed by atoms with Crippen LogP contribution in [0.1, 0.15) is 49.8 Å². The van der Waals surface area contributed by atoms with Gasteiger partial charge in [0.05, 0.1) is 0 Å². The Balaban J connectivity index is 2.15. The lowest BCUT2D eigenvalue weighted by atomic mass is 9.77. The highest BCUT2D eigenvalue weighted by Crippen LogP contribution is 2.38. The molecule has 1 fully saturated rings. The summed E-state index contributed by atoms with van der Waals surface area (Å²) in [6.45, 7) is 5.06. The number of hydrogen-bond donors (Lipinski definition) is 1. The van der Waals surface area contributed by atoms with Crippen LogP contribution in [-0.2, 0) is 0 Å². The fourth-order valence-corrected chi connectivity index (χ4v) is 2.49. The minimum absolute atomic E-state index is 0.100. The molecule has 0 radical (unpaired) electrons. The average molecular weight is 235 g/mol. The summed E-state index contributed by atoms with van der Waals surface area (Å²) in [5, 5.41) is 3.61. The smallest absolute Gasteiger partial charge is 0.126 e. The maximum atomic E-state index is 13.3. The summed E-state index contributed by atoms with van der Waals surface area (Å²) in [7, 11) is 0. The van der Waals surface area contributed by atoms with E-state index in [2.05, 4.69) is 12.2 Å². The Morgan fingerprint density at radius 2 is 2.18 bits per heavy atom. The molecule has 0 saturated heterocycles. The quantitative estimate of drug-likeness (QED) is 0.814. The van der Waals surface area contributed by atoms with Crippen LogP contribution < -0.4 is 5.32 Å². The minimum Gasteiger partial charge on any atom is -0.310 e. The van der Waals surface area contributed by atoms with Crippen LogP contribution in [0.2, 0.25) is 0 Å². The van der Waals surface area contributed by atoms with Gasteiger partial charge in [0.15, 0.2) is 0 Å². The number of aryl methyl sites for hydroxylation is 1. The van der Waals surface area contributed by atoms with Gasteiger partial charge in [-0.15, -0.1) is 0 Å². The van der Waals surface area contributed by atoms with Crippen LogP contribution in [0.5, 0.6) is 0 Å². The average Bonchev–Trinajstić information content (AvgIpc) is 2.25. The lowest BCUT2D eigenvalue weighted by Gasteiger charge is -2.35. The molecular formula is C15H22FN. The van der Waals surface area contributed by atoms with E-state index in [0.29, 0.717) is 6.04 Å². The van der Waals surface area contributed by atoms with Crippen LogP contribution in [0, 0.1) is 18.7 Å². The topological polar surface area (TPSA) is 12.0 Å². The molecule has 1 unspecified atom stereocenters. The third-order valence-corrected chi connectivity index (χ3v) is 3.78. The first-order valence-corrected chi connectivity index (χ1v) is 6.71. The Hall–Kier alpha value is -0.890. The first-order valence-electron chi connectivity index (χ1n) is 6.71. The Kier molecular flexibility index (Phi) is 4.16. The van der Waals surface area contributed by atoms with Crippen molar-refractivity contribution in [1.82, 2.24) is 5.32 Å². The van der Waals surface area contributed by atoms with Crippen molar-refractivity contribution in [2.75, 3.05) is 6.54 Å². The molecule has 1 saturated carbocycles. The van der Waals surface area contributed by atoms with Gasteiger partial charge in [-0.25, -0.2) is 4.39 Å². The van der Waals surface area contributed by atoms with Gasteiger partial charge in [-0.2, -0.15) is 0 Å². The molecule has 0 spiro atoms. The van der Waals surface area contributed by atoms with Gasteiger partial charge in [0.25, 0.3) is 0 Å². The van der Waals surface area contributed by atoms with E-state index in [-0.39, 0.29) is 5.82 Å². The van der Waals surface area contributed by atoms with E-state index < -0.39 is 0 Å². The van der Waals surface area contributed by atoms with E-state index >= 15 is 0 Å². The summed E-state index contributed by atoms with van der Waals surface area (Å²) in [5.74, 6) is 0.642. The van der Waals surface area contributed by atoms with Crippen LogP contribution >= 0.6 is 0 Å². The van der Waals surface area contributed by atoms with Gasteiger partial charge in [-0.1, -0.05) is 25.5 Å². The second-order valence-corrected chi connectivity index (χ2v) is 5.13. The molecule has 1 aromatic carbocycles. The SMILES string of the molecule is CCCNC(c1ccc(F)c(C)c1)C1CCC1. The highest BCUT2D eigenvalue weighted by Gasteiger charge is 2.28. The summed E-state index contributed by atoms with van der Waals surface area (Å²) in [6, 6.07) is 5.96. The number of nitrogens with one attached hydrogen (secondary N) is 1. The van der Waals surface area contributed by atoms with E-state index in [4.69, 9.17) is 0 Å². The third kappa shape index (κ3) is 2.86. The summed E-state index contributed by atoms with van der Waals surface area (Å²) in [6.07, 6.45) is 5.09. The number of halogens is 1. The Labute approximate surface area is 103 Å². The molecule has 2 rings (SSSR count). The Morgan fingerprint density at radius 1 is 1.41 bits per heavy atom. The Bertz CT molecular complexity index is 371. The molecule has 0 heterocycles. The highest BCUT2D eigenvalue weighted by atomic mass is 19.1. The van der Waals surface area contributed by atoms with E-state index in [1.807, 2.05) is 19.1 Å². The molecule has 1 aliphatic rings. The van der Waals surface area contributed by atoms with E-state index in [1.54, 1.807) is 6.07 Å². The fraction of sp³-hybridized carbons (Fsp3) is 0.600. The van der Waals surface area contributed by atoms with Crippen molar-refractivity contribution >= 4 is 0 Å². The zero-order valence-corrected chi connectivity index (χ0v) is 10.8. The molecule has 1 N–H and O–H groups in total. The van der Waals surface area contributed by atoms with Gasteiger partial charge >= 0.3 is 0 Å². The van der Waals surface area contributed by atoms with Crippen LogP contribution in [0.25, 0.3) is 0 Å². The highest BCUT2D eigenvalue weighted by molar-refractivity contribution is 5.27. The van der Waals surface area contributed by atoms with Gasteiger partial charge in [0, 0.05) is 6.04 Å². The summed E-state index contributed by atoms with van der Waals surface area (Å²) >= 11 is 0. The van der Waals surface area contributed by atoms with Gasteiger partial charge in [0.1, 0.15) is 5.82 Å². The minimum atomic E-state index is -0.100. The maximum Gasteiger partial charge on any atom is 0.126 e. The largest absolute Gasteiger partial charge is 0.310 e. The monoisotopic (exact) mass is 235 g/mol. The van der Waals surface area contributed by atoms with E-state index in [0.717, 1.165) is 24.4 Å². The van der Waals surface area contributed by atoms with Gasteiger partial charge < -0.3 is 5.32 Å². The molecule has 17 heavy (non-hydrogen) atoms. The molecule has 1 aliphatic carbocycles. The number of rotatable bonds is 5. The van der Waals surface area contributed by atoms with Crippen molar-refractivity contribution in [1.29, 1.82) is 0 Å². The lowest BCUT2D eigenvalue weighted by molar-refractivity contribution is 0.231. The maximum absolute atomic E-state index is 13.3. The molecule has 94 valence electrons. The van der Waals surface area contributed by atoms with Crippen LogP contribution in [0.4, 0.5) is 4.39 Å². The van der Waals surface area contributed by atoms with Crippen molar-refractivity contribution in [2.24, 2.45) is 5.92 Å². The third-order valence-electron chi connectivity index (χ3n) is 3.78. The zero-order chi connectivity index (χ0) is 12.3.